The number of ether oxygens (including phenoxy) is 1. The van der Waals surface area contributed by atoms with Crippen molar-refractivity contribution < 1.29 is 9.13 Å². The number of rotatable bonds is 5. The fourth-order valence-electron chi connectivity index (χ4n) is 2.48. The molecule has 1 aromatic rings. The average molecular weight is 237 g/mol. The predicted octanol–water partition coefficient (Wildman–Crippen LogP) is 2.76. The zero-order valence-electron chi connectivity index (χ0n) is 10.5. The average Bonchev–Trinajstić information content (AvgIpc) is 2.69. The van der Waals surface area contributed by atoms with Crippen LogP contribution in [0.4, 0.5) is 4.39 Å². The highest BCUT2D eigenvalue weighted by molar-refractivity contribution is 5.37. The van der Waals surface area contributed by atoms with Crippen LogP contribution < -0.4 is 10.1 Å². The van der Waals surface area contributed by atoms with E-state index in [2.05, 4.69) is 12.2 Å². The van der Waals surface area contributed by atoms with Crippen molar-refractivity contribution in [2.45, 2.75) is 32.3 Å². The van der Waals surface area contributed by atoms with Gasteiger partial charge in [-0.3, -0.25) is 0 Å². The summed E-state index contributed by atoms with van der Waals surface area (Å²) >= 11 is 0. The van der Waals surface area contributed by atoms with Crippen molar-refractivity contribution in [2.24, 2.45) is 5.92 Å². The first-order valence-corrected chi connectivity index (χ1v) is 6.32. The molecule has 3 heteroatoms. The van der Waals surface area contributed by atoms with E-state index in [1.54, 1.807) is 12.1 Å². The van der Waals surface area contributed by atoms with Gasteiger partial charge in [-0.15, -0.1) is 0 Å². The van der Waals surface area contributed by atoms with Gasteiger partial charge >= 0.3 is 0 Å². The lowest BCUT2D eigenvalue weighted by Crippen LogP contribution is -2.25. The number of nitrogens with one attached hydrogen (secondary N) is 1. The molecule has 0 aromatic heterocycles. The Bertz CT molecular complexity index is 380. The molecule has 1 aliphatic rings. The first-order chi connectivity index (χ1) is 8.22. The van der Waals surface area contributed by atoms with Gasteiger partial charge in [-0.25, -0.2) is 4.39 Å². The summed E-state index contributed by atoms with van der Waals surface area (Å²) in [5, 5.41) is 3.21. The molecule has 0 spiro atoms. The van der Waals surface area contributed by atoms with E-state index in [1.165, 1.54) is 6.07 Å². The van der Waals surface area contributed by atoms with Crippen LogP contribution in [-0.4, -0.2) is 19.7 Å². The minimum Gasteiger partial charge on any atom is -0.490 e. The molecule has 0 amide bonds. The molecule has 1 aromatic carbocycles. The normalized spacial score (nSPS) is 19.8. The number of benzene rings is 1. The zero-order chi connectivity index (χ0) is 12.3. The third-order valence-corrected chi connectivity index (χ3v) is 3.43. The van der Waals surface area contributed by atoms with Gasteiger partial charge in [0.25, 0.3) is 0 Å². The van der Waals surface area contributed by atoms with Crippen molar-refractivity contribution in [1.82, 2.24) is 5.32 Å². The van der Waals surface area contributed by atoms with Crippen molar-refractivity contribution in [2.75, 3.05) is 13.6 Å². The van der Waals surface area contributed by atoms with E-state index in [0.29, 0.717) is 5.92 Å². The van der Waals surface area contributed by atoms with E-state index in [-0.39, 0.29) is 11.9 Å². The van der Waals surface area contributed by atoms with Crippen molar-refractivity contribution in [3.05, 3.63) is 29.6 Å². The van der Waals surface area contributed by atoms with Crippen LogP contribution in [0.1, 0.15) is 25.3 Å². The first kappa shape index (κ1) is 12.4. The quantitative estimate of drug-likeness (QED) is 0.850. The topological polar surface area (TPSA) is 21.3 Å². The summed E-state index contributed by atoms with van der Waals surface area (Å²) in [4.78, 5) is 0. The molecular formula is C14H20FNO. The number of halogens is 1. The van der Waals surface area contributed by atoms with E-state index < -0.39 is 0 Å². The molecule has 2 rings (SSSR count). The molecule has 1 heterocycles. The maximum atomic E-state index is 13.1. The van der Waals surface area contributed by atoms with Gasteiger partial charge in [0.2, 0.25) is 0 Å². The molecule has 1 N–H and O–H groups in total. The summed E-state index contributed by atoms with van der Waals surface area (Å²) in [6.45, 7) is 3.21. The van der Waals surface area contributed by atoms with Crippen LogP contribution in [0.25, 0.3) is 0 Å². The second kappa shape index (κ2) is 5.50. The highest BCUT2D eigenvalue weighted by Crippen LogP contribution is 2.32. The van der Waals surface area contributed by atoms with Crippen LogP contribution in [-0.2, 0) is 6.42 Å². The third kappa shape index (κ3) is 2.97. The van der Waals surface area contributed by atoms with Gasteiger partial charge in [0, 0.05) is 12.0 Å². The van der Waals surface area contributed by atoms with Crippen molar-refractivity contribution in [3.8, 4) is 5.75 Å². The Labute approximate surface area is 102 Å². The smallest absolute Gasteiger partial charge is 0.123 e. The lowest BCUT2D eigenvalue weighted by Gasteiger charge is -2.18. The summed E-state index contributed by atoms with van der Waals surface area (Å²) in [6.07, 6.45) is 3.23. The Morgan fingerprint density at radius 1 is 1.53 bits per heavy atom. The first-order valence-electron chi connectivity index (χ1n) is 6.32. The molecule has 17 heavy (non-hydrogen) atoms. The van der Waals surface area contributed by atoms with Crippen LogP contribution in [0, 0.1) is 11.7 Å². The van der Waals surface area contributed by atoms with Crippen LogP contribution in [0.15, 0.2) is 18.2 Å². The SMILES string of the molecule is CCC(CNC)CC1Cc2cc(F)ccc2O1. The summed E-state index contributed by atoms with van der Waals surface area (Å²) in [6, 6.07) is 4.80. The molecule has 94 valence electrons. The zero-order valence-corrected chi connectivity index (χ0v) is 10.5. The van der Waals surface area contributed by atoms with E-state index in [0.717, 1.165) is 37.1 Å². The number of fused-ring (bicyclic) bond motifs is 1. The minimum absolute atomic E-state index is 0.171. The molecule has 2 unspecified atom stereocenters. The Kier molecular flexibility index (Phi) is 4.00. The Hall–Kier alpha value is -1.09. The van der Waals surface area contributed by atoms with E-state index in [9.17, 15) is 4.39 Å². The van der Waals surface area contributed by atoms with Crippen molar-refractivity contribution in [3.63, 3.8) is 0 Å². The van der Waals surface area contributed by atoms with Gasteiger partial charge in [-0.2, -0.15) is 0 Å². The second-order valence-electron chi connectivity index (χ2n) is 4.76. The second-order valence-corrected chi connectivity index (χ2v) is 4.76. The maximum absolute atomic E-state index is 13.1. The van der Waals surface area contributed by atoms with Crippen molar-refractivity contribution >= 4 is 0 Å². The van der Waals surface area contributed by atoms with Crippen LogP contribution >= 0.6 is 0 Å². The monoisotopic (exact) mass is 237 g/mol. The molecule has 0 saturated carbocycles. The predicted molar refractivity (Wildman–Crippen MR) is 66.8 cm³/mol. The molecule has 2 nitrogen and oxygen atoms in total. The molecule has 1 aliphatic heterocycles. The van der Waals surface area contributed by atoms with Crippen LogP contribution in [0.3, 0.4) is 0 Å². The third-order valence-electron chi connectivity index (χ3n) is 3.43. The molecular weight excluding hydrogens is 217 g/mol. The number of hydrogen-bond acceptors (Lipinski definition) is 2. The lowest BCUT2D eigenvalue weighted by molar-refractivity contribution is 0.191. The number of hydrogen-bond donors (Lipinski definition) is 1. The Balaban J connectivity index is 1.95. The van der Waals surface area contributed by atoms with Gasteiger partial charge in [0.1, 0.15) is 17.7 Å². The van der Waals surface area contributed by atoms with Gasteiger partial charge in [0.15, 0.2) is 0 Å². The van der Waals surface area contributed by atoms with E-state index >= 15 is 0 Å². The summed E-state index contributed by atoms with van der Waals surface area (Å²) in [5.74, 6) is 1.31. The molecule has 0 saturated heterocycles. The molecule has 0 bridgehead atoms. The minimum atomic E-state index is -0.171. The fraction of sp³-hybridized carbons (Fsp3) is 0.571. The van der Waals surface area contributed by atoms with Crippen LogP contribution in [0.5, 0.6) is 5.75 Å². The Morgan fingerprint density at radius 3 is 3.06 bits per heavy atom. The standard InChI is InChI=1S/C14H20FNO/c1-3-10(9-16-2)6-13-8-11-7-12(15)4-5-14(11)17-13/h4-5,7,10,13,16H,3,6,8-9H2,1-2H3. The molecule has 0 radical (unpaired) electrons. The molecule has 0 fully saturated rings. The van der Waals surface area contributed by atoms with Gasteiger partial charge in [0.05, 0.1) is 0 Å². The van der Waals surface area contributed by atoms with Gasteiger partial charge in [-0.1, -0.05) is 13.3 Å². The highest BCUT2D eigenvalue weighted by atomic mass is 19.1. The highest BCUT2D eigenvalue weighted by Gasteiger charge is 2.25. The lowest BCUT2D eigenvalue weighted by atomic mass is 9.96. The Morgan fingerprint density at radius 2 is 2.35 bits per heavy atom. The summed E-state index contributed by atoms with van der Waals surface area (Å²) in [5.41, 5.74) is 1.01. The molecule has 0 aliphatic carbocycles. The molecule has 2 atom stereocenters. The van der Waals surface area contributed by atoms with Crippen LogP contribution in [0.2, 0.25) is 0 Å². The van der Waals surface area contributed by atoms with Crippen molar-refractivity contribution in [1.29, 1.82) is 0 Å². The van der Waals surface area contributed by atoms with E-state index in [4.69, 9.17) is 4.74 Å². The summed E-state index contributed by atoms with van der Waals surface area (Å²) in [7, 11) is 1.97. The summed E-state index contributed by atoms with van der Waals surface area (Å²) < 4.78 is 18.9. The maximum Gasteiger partial charge on any atom is 0.123 e. The van der Waals surface area contributed by atoms with Gasteiger partial charge < -0.3 is 10.1 Å². The largest absolute Gasteiger partial charge is 0.490 e. The fourth-order valence-corrected chi connectivity index (χ4v) is 2.48. The van der Waals surface area contributed by atoms with E-state index in [1.807, 2.05) is 7.05 Å². The van der Waals surface area contributed by atoms with Gasteiger partial charge in [-0.05, 0) is 44.1 Å².